The van der Waals surface area contributed by atoms with Gasteiger partial charge in [-0.2, -0.15) is 0 Å². The molecule has 0 spiro atoms. The monoisotopic (exact) mass is 675 g/mol. The van der Waals surface area contributed by atoms with E-state index in [4.69, 9.17) is 37.6 Å². The molecule has 0 radical (unpaired) electrons. The molecule has 0 atom stereocenters. The fourth-order valence-electron chi connectivity index (χ4n) is 4.77. The third-order valence-corrected chi connectivity index (χ3v) is 13.1. The van der Waals surface area contributed by atoms with E-state index in [0.29, 0.717) is 99.0 Å². The molecule has 1 amide bonds. The first-order valence-corrected chi connectivity index (χ1v) is 19.7. The molecule has 0 bridgehead atoms. The largest absolute Gasteiger partial charge is 0.448 e. The van der Waals surface area contributed by atoms with Crippen molar-refractivity contribution in [2.75, 3.05) is 106 Å². The minimum Gasteiger partial charge on any atom is -0.448 e. The summed E-state index contributed by atoms with van der Waals surface area (Å²) in [4.78, 5) is 14.1. The van der Waals surface area contributed by atoms with Crippen molar-refractivity contribution in [2.45, 2.75) is 44.8 Å². The smallest absolute Gasteiger partial charge is 0.409 e. The lowest BCUT2D eigenvalue weighted by Gasteiger charge is -2.36. The van der Waals surface area contributed by atoms with Gasteiger partial charge in [-0.3, -0.25) is 0 Å². The predicted molar refractivity (Wildman–Crippen MR) is 186 cm³/mol. The Morgan fingerprint density at radius 3 is 1.45 bits per heavy atom. The Balaban J connectivity index is 1.06. The molecule has 0 unspecified atom stereocenters. The lowest BCUT2D eigenvalue weighted by atomic mass is 9.98. The van der Waals surface area contributed by atoms with Crippen LogP contribution in [-0.2, 0) is 37.6 Å². The molecular formula is C36H57NO9Si. The van der Waals surface area contributed by atoms with Gasteiger partial charge in [-0.05, 0) is 40.4 Å². The molecule has 0 saturated carbocycles. The summed E-state index contributed by atoms with van der Waals surface area (Å²) in [5.74, 6) is 0.0457. The second-order valence-corrected chi connectivity index (χ2v) is 17.8. The number of ether oxygens (including phenoxy) is 7. The highest BCUT2D eigenvalue weighted by Gasteiger charge is 2.36. The van der Waals surface area contributed by atoms with E-state index in [0.717, 1.165) is 0 Å². The molecule has 0 heterocycles. The van der Waals surface area contributed by atoms with Crippen molar-refractivity contribution in [3.63, 3.8) is 0 Å². The van der Waals surface area contributed by atoms with Gasteiger partial charge in [0.2, 0.25) is 0 Å². The van der Waals surface area contributed by atoms with E-state index in [9.17, 15) is 4.79 Å². The van der Waals surface area contributed by atoms with Gasteiger partial charge in [-0.25, -0.2) is 4.79 Å². The first-order chi connectivity index (χ1) is 22.6. The van der Waals surface area contributed by atoms with E-state index in [2.05, 4.69) is 58.1 Å². The number of benzene rings is 2. The first-order valence-electron chi connectivity index (χ1n) is 16.8. The number of hydrogen-bond donors (Lipinski definition) is 0. The van der Waals surface area contributed by atoms with Gasteiger partial charge in [0, 0.05) is 19.5 Å². The van der Waals surface area contributed by atoms with Crippen LogP contribution in [0.25, 0.3) is 11.1 Å². The summed E-state index contributed by atoms with van der Waals surface area (Å²) >= 11 is 0. The van der Waals surface area contributed by atoms with Crippen LogP contribution in [0.5, 0.6) is 0 Å². The van der Waals surface area contributed by atoms with Crippen molar-refractivity contribution in [3.8, 4) is 11.1 Å². The van der Waals surface area contributed by atoms with Crippen molar-refractivity contribution in [1.29, 1.82) is 0 Å². The topological polar surface area (TPSA) is 94.2 Å². The molecule has 1 aliphatic carbocycles. The van der Waals surface area contributed by atoms with Crippen LogP contribution in [0.1, 0.15) is 37.8 Å². The predicted octanol–water partition coefficient (Wildman–Crippen LogP) is 5.99. The van der Waals surface area contributed by atoms with E-state index in [1.54, 1.807) is 11.9 Å². The van der Waals surface area contributed by atoms with Crippen molar-refractivity contribution in [3.05, 3.63) is 59.7 Å². The summed E-state index contributed by atoms with van der Waals surface area (Å²) in [6.45, 7) is 18.5. The van der Waals surface area contributed by atoms with Crippen LogP contribution in [0.3, 0.4) is 0 Å². The van der Waals surface area contributed by atoms with Crippen LogP contribution in [-0.4, -0.2) is 125 Å². The quantitative estimate of drug-likeness (QED) is 0.0983. The van der Waals surface area contributed by atoms with Crippen LogP contribution in [0, 0.1) is 0 Å². The zero-order chi connectivity index (χ0) is 34.0. The summed E-state index contributed by atoms with van der Waals surface area (Å²) < 4.78 is 45.1. The first kappa shape index (κ1) is 39.1. The number of fused-ring (bicyclic) bond motifs is 3. The summed E-state index contributed by atoms with van der Waals surface area (Å²) in [6.07, 6.45) is -0.357. The third-order valence-electron chi connectivity index (χ3n) is 8.58. The molecule has 1 aliphatic rings. The van der Waals surface area contributed by atoms with Crippen LogP contribution < -0.4 is 0 Å². The van der Waals surface area contributed by atoms with Gasteiger partial charge < -0.3 is 42.5 Å². The van der Waals surface area contributed by atoms with Gasteiger partial charge in [0.15, 0.2) is 8.32 Å². The Morgan fingerprint density at radius 1 is 0.638 bits per heavy atom. The Kier molecular flexibility index (Phi) is 17.4. The zero-order valence-corrected chi connectivity index (χ0v) is 30.4. The van der Waals surface area contributed by atoms with Crippen LogP contribution in [0.4, 0.5) is 4.79 Å². The van der Waals surface area contributed by atoms with E-state index < -0.39 is 8.32 Å². The molecular weight excluding hydrogens is 618 g/mol. The molecule has 264 valence electrons. The molecule has 2 aromatic carbocycles. The number of hydrogen-bond acceptors (Lipinski definition) is 9. The fourth-order valence-corrected chi connectivity index (χ4v) is 5.80. The van der Waals surface area contributed by atoms with Gasteiger partial charge in [-0.1, -0.05) is 69.3 Å². The van der Waals surface area contributed by atoms with Crippen LogP contribution in [0.15, 0.2) is 48.5 Å². The number of nitrogens with zero attached hydrogens (tertiary/aromatic N) is 1. The molecule has 0 aliphatic heterocycles. The Labute approximate surface area is 283 Å². The third kappa shape index (κ3) is 13.6. The molecule has 0 N–H and O–H groups in total. The summed E-state index contributed by atoms with van der Waals surface area (Å²) in [6, 6.07) is 16.6. The van der Waals surface area contributed by atoms with Gasteiger partial charge in [0.05, 0.1) is 85.9 Å². The number of rotatable bonds is 24. The summed E-state index contributed by atoms with van der Waals surface area (Å²) in [7, 11) is 0.0138. The Morgan fingerprint density at radius 2 is 1.02 bits per heavy atom. The summed E-state index contributed by atoms with van der Waals surface area (Å²) in [5.41, 5.74) is 4.82. The maximum Gasteiger partial charge on any atom is 0.409 e. The number of carbonyl (C=O) groups excluding carboxylic acids is 1. The molecule has 0 saturated heterocycles. The SMILES string of the molecule is CN(CCOCCOCCOCCOCCOCCOCCO[Si](C)(C)C(C)(C)C)C(=O)OCC1c2ccccc2-c2ccccc21. The molecule has 2 aromatic rings. The number of amides is 1. The van der Waals surface area contributed by atoms with Gasteiger partial charge in [-0.15, -0.1) is 0 Å². The average molecular weight is 676 g/mol. The standard InChI is InChI=1S/C36H57NO9Si/c1-36(2,3)47(5,6)46-28-27-44-26-25-43-24-23-42-22-21-41-20-19-40-18-17-39-16-15-37(4)35(38)45-29-34-32-13-9-7-11-30(32)31-12-8-10-14-33(31)34/h7-14,34H,15-29H2,1-6H3. The van der Waals surface area contributed by atoms with Crippen LogP contribution in [0.2, 0.25) is 18.1 Å². The second-order valence-electron chi connectivity index (χ2n) is 13.0. The highest BCUT2D eigenvalue weighted by atomic mass is 28.4. The second kappa shape index (κ2) is 20.9. The lowest BCUT2D eigenvalue weighted by molar-refractivity contribution is -0.0184. The highest BCUT2D eigenvalue weighted by Crippen LogP contribution is 2.44. The average Bonchev–Trinajstić information content (AvgIpc) is 3.37. The minimum atomic E-state index is -1.71. The summed E-state index contributed by atoms with van der Waals surface area (Å²) in [5, 5.41) is 0.212. The van der Waals surface area contributed by atoms with Gasteiger partial charge >= 0.3 is 6.09 Å². The van der Waals surface area contributed by atoms with Crippen molar-refractivity contribution < 1.29 is 42.4 Å². The molecule has 47 heavy (non-hydrogen) atoms. The van der Waals surface area contributed by atoms with Crippen molar-refractivity contribution in [1.82, 2.24) is 4.90 Å². The molecule has 0 fully saturated rings. The van der Waals surface area contributed by atoms with E-state index in [1.807, 2.05) is 24.3 Å². The highest BCUT2D eigenvalue weighted by molar-refractivity contribution is 6.74. The van der Waals surface area contributed by atoms with Crippen molar-refractivity contribution >= 4 is 14.4 Å². The van der Waals surface area contributed by atoms with Gasteiger partial charge in [0.1, 0.15) is 6.61 Å². The number of likely N-dealkylation sites (N-methyl/N-ethyl adjacent to an activating group) is 1. The van der Waals surface area contributed by atoms with Gasteiger partial charge in [0.25, 0.3) is 0 Å². The Hall–Kier alpha value is -2.35. The maximum absolute atomic E-state index is 12.6. The van der Waals surface area contributed by atoms with E-state index >= 15 is 0 Å². The maximum atomic E-state index is 12.6. The van der Waals surface area contributed by atoms with E-state index in [1.165, 1.54) is 22.3 Å². The molecule has 11 heteroatoms. The Bertz CT molecular complexity index is 1130. The zero-order valence-electron chi connectivity index (χ0n) is 29.4. The van der Waals surface area contributed by atoms with E-state index in [-0.39, 0.29) is 17.0 Å². The lowest BCUT2D eigenvalue weighted by Crippen LogP contribution is -2.41. The minimum absolute atomic E-state index is 0.0457. The normalized spacial score (nSPS) is 13.1. The number of carbonyl (C=O) groups is 1. The fraction of sp³-hybridized carbons (Fsp3) is 0.639. The molecule has 10 nitrogen and oxygen atoms in total. The van der Waals surface area contributed by atoms with Crippen LogP contribution >= 0.6 is 0 Å². The van der Waals surface area contributed by atoms with Crippen molar-refractivity contribution in [2.24, 2.45) is 0 Å². The molecule has 3 rings (SSSR count). The molecule has 0 aromatic heterocycles.